The van der Waals surface area contributed by atoms with Gasteiger partial charge in [0.1, 0.15) is 0 Å². The molecule has 3 aromatic rings. The number of halogens is 3. The minimum absolute atomic E-state index is 0.207. The van der Waals surface area contributed by atoms with Crippen LogP contribution in [0.15, 0.2) is 42.7 Å². The number of alkyl halides is 3. The number of rotatable bonds is 1. The molecule has 0 aliphatic carbocycles. The number of carbonyl (C=O) groups excluding carboxylic acids is 1. The zero-order valence-corrected chi connectivity index (χ0v) is 13.5. The second-order valence-corrected chi connectivity index (χ2v) is 6.02. The molecule has 3 aromatic heterocycles. The molecular formula is C18H13F3N4O. The van der Waals surface area contributed by atoms with Gasteiger partial charge < -0.3 is 4.90 Å². The molecule has 0 atom stereocenters. The molecule has 0 saturated heterocycles. The zero-order valence-electron chi connectivity index (χ0n) is 13.5. The van der Waals surface area contributed by atoms with Crippen LogP contribution in [-0.2, 0) is 19.1 Å². The third kappa shape index (κ3) is 2.87. The molecule has 1 aliphatic rings. The lowest BCUT2D eigenvalue weighted by Gasteiger charge is -2.29. The van der Waals surface area contributed by atoms with E-state index in [1.165, 1.54) is 11.0 Å². The Bertz CT molecular complexity index is 1000. The molecule has 26 heavy (non-hydrogen) atoms. The summed E-state index contributed by atoms with van der Waals surface area (Å²) in [5.41, 5.74) is 0.679. The first kappa shape index (κ1) is 16.4. The maximum Gasteiger partial charge on any atom is 0.434 e. The van der Waals surface area contributed by atoms with Crippen LogP contribution in [0.2, 0.25) is 0 Å². The summed E-state index contributed by atoms with van der Waals surface area (Å²) in [6.07, 6.45) is -1.52. The van der Waals surface area contributed by atoms with Crippen LogP contribution >= 0.6 is 0 Å². The van der Waals surface area contributed by atoms with E-state index in [0.717, 1.165) is 28.9 Å². The molecule has 0 N–H and O–H groups in total. The predicted molar refractivity (Wildman–Crippen MR) is 87.2 cm³/mol. The van der Waals surface area contributed by atoms with Gasteiger partial charge in [-0.1, -0.05) is 0 Å². The van der Waals surface area contributed by atoms with Crippen LogP contribution in [-0.4, -0.2) is 32.3 Å². The summed E-state index contributed by atoms with van der Waals surface area (Å²) in [4.78, 5) is 26.2. The van der Waals surface area contributed by atoms with Gasteiger partial charge in [-0.2, -0.15) is 13.2 Å². The van der Waals surface area contributed by atoms with Gasteiger partial charge in [-0.3, -0.25) is 9.78 Å². The van der Waals surface area contributed by atoms with Gasteiger partial charge in [0.05, 0.1) is 5.56 Å². The van der Waals surface area contributed by atoms with E-state index in [-0.39, 0.29) is 6.54 Å². The van der Waals surface area contributed by atoms with E-state index >= 15 is 0 Å². The third-order valence-corrected chi connectivity index (χ3v) is 4.33. The number of aromatic nitrogens is 3. The number of hydrogen-bond acceptors (Lipinski definition) is 4. The number of pyridine rings is 3. The van der Waals surface area contributed by atoms with Crippen molar-refractivity contribution in [2.24, 2.45) is 0 Å². The van der Waals surface area contributed by atoms with Crippen LogP contribution in [0.5, 0.6) is 0 Å². The maximum atomic E-state index is 13.1. The molecule has 0 radical (unpaired) electrons. The highest BCUT2D eigenvalue weighted by molar-refractivity contribution is 5.95. The standard InChI is InChI=1S/C18H13F3N4O/c19-18(20,21)15-13(4-2-6-22-15)17(26)25-8-5-14-12(10-25)9-11-3-1-7-23-16(11)24-14/h1-4,6-7,9H,5,8,10H2. The topological polar surface area (TPSA) is 59.0 Å². The van der Waals surface area contributed by atoms with E-state index < -0.39 is 23.3 Å². The van der Waals surface area contributed by atoms with Crippen molar-refractivity contribution in [3.63, 3.8) is 0 Å². The lowest BCUT2D eigenvalue weighted by Crippen LogP contribution is -2.37. The van der Waals surface area contributed by atoms with Crippen LogP contribution in [0.3, 0.4) is 0 Å². The zero-order chi connectivity index (χ0) is 18.3. The summed E-state index contributed by atoms with van der Waals surface area (Å²) in [5, 5.41) is 0.831. The summed E-state index contributed by atoms with van der Waals surface area (Å²) in [6.45, 7) is 0.502. The number of fused-ring (bicyclic) bond motifs is 2. The molecule has 0 bridgehead atoms. The minimum atomic E-state index is -4.68. The molecule has 1 aliphatic heterocycles. The van der Waals surface area contributed by atoms with Crippen molar-refractivity contribution in [1.29, 1.82) is 0 Å². The first-order valence-electron chi connectivity index (χ1n) is 7.98. The predicted octanol–water partition coefficient (Wildman–Crippen LogP) is 3.24. The molecule has 4 rings (SSSR count). The van der Waals surface area contributed by atoms with Gasteiger partial charge in [-0.15, -0.1) is 0 Å². The molecule has 0 spiro atoms. The normalized spacial score (nSPS) is 14.3. The highest BCUT2D eigenvalue weighted by atomic mass is 19.4. The van der Waals surface area contributed by atoms with E-state index in [2.05, 4.69) is 15.0 Å². The molecular weight excluding hydrogens is 345 g/mol. The highest BCUT2D eigenvalue weighted by Gasteiger charge is 2.38. The van der Waals surface area contributed by atoms with E-state index in [1.54, 1.807) is 12.3 Å². The molecule has 0 unspecified atom stereocenters. The molecule has 5 nitrogen and oxygen atoms in total. The van der Waals surface area contributed by atoms with Crippen molar-refractivity contribution in [3.05, 3.63) is 65.2 Å². The second-order valence-electron chi connectivity index (χ2n) is 6.02. The van der Waals surface area contributed by atoms with Crippen molar-refractivity contribution >= 4 is 16.9 Å². The van der Waals surface area contributed by atoms with Crippen molar-refractivity contribution in [2.75, 3.05) is 6.54 Å². The molecule has 4 heterocycles. The Labute approximate surface area is 146 Å². The van der Waals surface area contributed by atoms with E-state index in [9.17, 15) is 18.0 Å². The fraction of sp³-hybridized carbons (Fsp3) is 0.222. The Hall–Kier alpha value is -3.03. The molecule has 0 saturated carbocycles. The lowest BCUT2D eigenvalue weighted by atomic mass is 10.0. The Morgan fingerprint density at radius 3 is 2.69 bits per heavy atom. The molecule has 0 aromatic carbocycles. The monoisotopic (exact) mass is 358 g/mol. The van der Waals surface area contributed by atoms with Crippen molar-refractivity contribution in [2.45, 2.75) is 19.1 Å². The summed E-state index contributed by atoms with van der Waals surface area (Å²) >= 11 is 0. The smallest absolute Gasteiger partial charge is 0.334 e. The van der Waals surface area contributed by atoms with Gasteiger partial charge in [-0.05, 0) is 35.9 Å². The second kappa shape index (κ2) is 6.05. The highest BCUT2D eigenvalue weighted by Crippen LogP contribution is 2.31. The fourth-order valence-electron chi connectivity index (χ4n) is 3.11. The molecule has 132 valence electrons. The number of amides is 1. The van der Waals surface area contributed by atoms with Crippen molar-refractivity contribution in [3.8, 4) is 0 Å². The van der Waals surface area contributed by atoms with E-state index in [4.69, 9.17) is 0 Å². The largest absolute Gasteiger partial charge is 0.434 e. The number of carbonyl (C=O) groups is 1. The van der Waals surface area contributed by atoms with Gasteiger partial charge in [-0.25, -0.2) is 9.97 Å². The quantitative estimate of drug-likeness (QED) is 0.670. The fourth-order valence-corrected chi connectivity index (χ4v) is 3.11. The average Bonchev–Trinajstić information content (AvgIpc) is 2.64. The van der Waals surface area contributed by atoms with Crippen LogP contribution in [0.25, 0.3) is 11.0 Å². The molecule has 8 heteroatoms. The lowest BCUT2D eigenvalue weighted by molar-refractivity contribution is -0.141. The maximum absolute atomic E-state index is 13.1. The minimum Gasteiger partial charge on any atom is -0.334 e. The Kier molecular flexibility index (Phi) is 3.82. The summed E-state index contributed by atoms with van der Waals surface area (Å²) < 4.78 is 39.4. The Morgan fingerprint density at radius 2 is 1.88 bits per heavy atom. The Morgan fingerprint density at radius 1 is 1.12 bits per heavy atom. The third-order valence-electron chi connectivity index (χ3n) is 4.33. The van der Waals surface area contributed by atoms with Crippen LogP contribution < -0.4 is 0 Å². The van der Waals surface area contributed by atoms with E-state index in [1.807, 2.05) is 12.1 Å². The molecule has 1 amide bonds. The van der Waals surface area contributed by atoms with Gasteiger partial charge in [0.15, 0.2) is 11.3 Å². The Balaban J connectivity index is 1.67. The van der Waals surface area contributed by atoms with Crippen molar-refractivity contribution in [1.82, 2.24) is 19.9 Å². The van der Waals surface area contributed by atoms with Gasteiger partial charge >= 0.3 is 6.18 Å². The van der Waals surface area contributed by atoms with Crippen LogP contribution in [0.4, 0.5) is 13.2 Å². The summed E-state index contributed by atoms with van der Waals surface area (Å²) in [6, 6.07) is 8.03. The number of hydrogen-bond donors (Lipinski definition) is 0. The van der Waals surface area contributed by atoms with E-state index in [0.29, 0.717) is 18.6 Å². The number of nitrogens with zero attached hydrogens (tertiary/aromatic N) is 4. The van der Waals surface area contributed by atoms with Gasteiger partial charge in [0.2, 0.25) is 0 Å². The van der Waals surface area contributed by atoms with Crippen LogP contribution in [0.1, 0.15) is 27.3 Å². The van der Waals surface area contributed by atoms with Gasteiger partial charge in [0.25, 0.3) is 5.91 Å². The summed E-state index contributed by atoms with van der Waals surface area (Å²) in [5.74, 6) is -0.678. The SMILES string of the molecule is O=C(c1cccnc1C(F)(F)F)N1CCc2nc3ncccc3cc2C1. The molecule has 0 fully saturated rings. The van der Waals surface area contributed by atoms with Gasteiger partial charge in [0, 0.05) is 43.0 Å². The van der Waals surface area contributed by atoms with Crippen LogP contribution in [0, 0.1) is 0 Å². The average molecular weight is 358 g/mol. The summed E-state index contributed by atoms with van der Waals surface area (Å²) in [7, 11) is 0. The van der Waals surface area contributed by atoms with Crippen molar-refractivity contribution < 1.29 is 18.0 Å². The first-order valence-corrected chi connectivity index (χ1v) is 7.98. The first-order chi connectivity index (χ1) is 12.4.